The number of benzene rings is 2. The SMILES string of the molecule is CCCCCCCOc1ccc(NCCOc2ccc(C)c(C)c2)cc1. The molecule has 3 nitrogen and oxygen atoms in total. The largest absolute Gasteiger partial charge is 0.494 e. The number of rotatable bonds is 12. The topological polar surface area (TPSA) is 30.5 Å². The summed E-state index contributed by atoms with van der Waals surface area (Å²) >= 11 is 0. The lowest BCUT2D eigenvalue weighted by atomic mass is 10.1. The minimum absolute atomic E-state index is 0.637. The summed E-state index contributed by atoms with van der Waals surface area (Å²) in [4.78, 5) is 0. The van der Waals surface area contributed by atoms with Gasteiger partial charge in [0.05, 0.1) is 6.61 Å². The van der Waals surface area contributed by atoms with E-state index in [4.69, 9.17) is 9.47 Å². The van der Waals surface area contributed by atoms with E-state index < -0.39 is 0 Å². The molecule has 0 heterocycles. The van der Waals surface area contributed by atoms with E-state index in [0.717, 1.165) is 36.8 Å². The van der Waals surface area contributed by atoms with Gasteiger partial charge in [-0.2, -0.15) is 0 Å². The third kappa shape index (κ3) is 7.38. The molecule has 3 heteroatoms. The van der Waals surface area contributed by atoms with Crippen molar-refractivity contribution in [1.29, 1.82) is 0 Å². The summed E-state index contributed by atoms with van der Waals surface area (Å²) in [5.41, 5.74) is 3.64. The number of ether oxygens (including phenoxy) is 2. The van der Waals surface area contributed by atoms with Crippen LogP contribution in [-0.2, 0) is 0 Å². The van der Waals surface area contributed by atoms with Crippen molar-refractivity contribution >= 4 is 5.69 Å². The van der Waals surface area contributed by atoms with Crippen molar-refractivity contribution < 1.29 is 9.47 Å². The van der Waals surface area contributed by atoms with Gasteiger partial charge in [-0.3, -0.25) is 0 Å². The fourth-order valence-corrected chi connectivity index (χ4v) is 2.73. The van der Waals surface area contributed by atoms with Gasteiger partial charge in [0.1, 0.15) is 18.1 Å². The highest BCUT2D eigenvalue weighted by Crippen LogP contribution is 2.18. The van der Waals surface area contributed by atoms with E-state index in [0.29, 0.717) is 6.61 Å². The van der Waals surface area contributed by atoms with Crippen LogP contribution in [0.1, 0.15) is 50.2 Å². The molecule has 2 rings (SSSR count). The summed E-state index contributed by atoms with van der Waals surface area (Å²) in [6, 6.07) is 14.4. The second kappa shape index (κ2) is 11.5. The molecule has 26 heavy (non-hydrogen) atoms. The predicted octanol–water partition coefficient (Wildman–Crippen LogP) is 6.14. The van der Waals surface area contributed by atoms with Crippen molar-refractivity contribution in [2.75, 3.05) is 25.1 Å². The Labute approximate surface area is 158 Å². The molecular weight excluding hydrogens is 322 g/mol. The zero-order valence-electron chi connectivity index (χ0n) is 16.5. The Morgan fingerprint density at radius 1 is 0.731 bits per heavy atom. The van der Waals surface area contributed by atoms with Gasteiger partial charge in [-0.05, 0) is 67.8 Å². The van der Waals surface area contributed by atoms with Crippen LogP contribution in [0.15, 0.2) is 42.5 Å². The first kappa shape index (κ1) is 20.2. The van der Waals surface area contributed by atoms with Crippen LogP contribution in [0, 0.1) is 13.8 Å². The lowest BCUT2D eigenvalue weighted by Crippen LogP contribution is -2.11. The Morgan fingerprint density at radius 3 is 2.15 bits per heavy atom. The molecule has 0 aliphatic heterocycles. The van der Waals surface area contributed by atoms with E-state index in [-0.39, 0.29) is 0 Å². The van der Waals surface area contributed by atoms with Crippen molar-refractivity contribution in [2.45, 2.75) is 52.9 Å². The molecule has 0 unspecified atom stereocenters. The number of unbranched alkanes of at least 4 members (excludes halogenated alkanes) is 4. The molecule has 142 valence electrons. The summed E-state index contributed by atoms with van der Waals surface area (Å²) < 4.78 is 11.6. The van der Waals surface area contributed by atoms with E-state index in [9.17, 15) is 0 Å². The molecule has 0 spiro atoms. The van der Waals surface area contributed by atoms with Crippen LogP contribution in [0.4, 0.5) is 5.69 Å². The van der Waals surface area contributed by atoms with Crippen molar-refractivity contribution in [3.05, 3.63) is 53.6 Å². The molecule has 2 aromatic carbocycles. The van der Waals surface area contributed by atoms with Crippen molar-refractivity contribution in [2.24, 2.45) is 0 Å². The van der Waals surface area contributed by atoms with Gasteiger partial charge < -0.3 is 14.8 Å². The van der Waals surface area contributed by atoms with Crippen LogP contribution >= 0.6 is 0 Å². The molecule has 0 fully saturated rings. The zero-order chi connectivity index (χ0) is 18.6. The van der Waals surface area contributed by atoms with Gasteiger partial charge in [0, 0.05) is 12.2 Å². The third-order valence-corrected chi connectivity index (χ3v) is 4.55. The third-order valence-electron chi connectivity index (χ3n) is 4.55. The van der Waals surface area contributed by atoms with Crippen LogP contribution in [0.3, 0.4) is 0 Å². The highest BCUT2D eigenvalue weighted by molar-refractivity contribution is 5.46. The van der Waals surface area contributed by atoms with Crippen molar-refractivity contribution in [3.63, 3.8) is 0 Å². The molecule has 0 saturated heterocycles. The maximum Gasteiger partial charge on any atom is 0.119 e. The first-order valence-corrected chi connectivity index (χ1v) is 9.86. The van der Waals surface area contributed by atoms with Gasteiger partial charge >= 0.3 is 0 Å². The average Bonchev–Trinajstić information content (AvgIpc) is 2.65. The molecule has 2 aromatic rings. The Hall–Kier alpha value is -2.16. The number of aryl methyl sites for hydroxylation is 2. The monoisotopic (exact) mass is 355 g/mol. The Kier molecular flexibility index (Phi) is 8.88. The van der Waals surface area contributed by atoms with Crippen molar-refractivity contribution in [1.82, 2.24) is 0 Å². The molecule has 0 amide bonds. The molecule has 0 bridgehead atoms. The molecule has 0 aromatic heterocycles. The van der Waals surface area contributed by atoms with Crippen LogP contribution < -0.4 is 14.8 Å². The molecule has 1 N–H and O–H groups in total. The second-order valence-electron chi connectivity index (χ2n) is 6.81. The van der Waals surface area contributed by atoms with Gasteiger partial charge in [-0.25, -0.2) is 0 Å². The second-order valence-corrected chi connectivity index (χ2v) is 6.81. The van der Waals surface area contributed by atoms with Crippen LogP contribution in [0.25, 0.3) is 0 Å². The Bertz CT molecular complexity index is 637. The molecular formula is C23H33NO2. The van der Waals surface area contributed by atoms with Gasteiger partial charge in [0.2, 0.25) is 0 Å². The van der Waals surface area contributed by atoms with Gasteiger partial charge in [-0.15, -0.1) is 0 Å². The lowest BCUT2D eigenvalue weighted by molar-refractivity contribution is 0.304. The quantitative estimate of drug-likeness (QED) is 0.464. The van der Waals surface area contributed by atoms with Crippen molar-refractivity contribution in [3.8, 4) is 11.5 Å². The maximum atomic E-state index is 5.79. The number of hydrogen-bond donors (Lipinski definition) is 1. The fraction of sp³-hybridized carbons (Fsp3) is 0.478. The first-order valence-electron chi connectivity index (χ1n) is 9.86. The highest BCUT2D eigenvalue weighted by Gasteiger charge is 1.99. The molecule has 0 aliphatic carbocycles. The van der Waals surface area contributed by atoms with Crippen LogP contribution in [0.5, 0.6) is 11.5 Å². The Morgan fingerprint density at radius 2 is 1.42 bits per heavy atom. The Balaban J connectivity index is 1.61. The summed E-state index contributed by atoms with van der Waals surface area (Å²) in [5, 5.41) is 3.38. The van der Waals surface area contributed by atoms with E-state index in [1.165, 1.54) is 36.8 Å². The number of nitrogens with one attached hydrogen (secondary N) is 1. The van der Waals surface area contributed by atoms with E-state index >= 15 is 0 Å². The highest BCUT2D eigenvalue weighted by atomic mass is 16.5. The zero-order valence-corrected chi connectivity index (χ0v) is 16.5. The average molecular weight is 356 g/mol. The van der Waals surface area contributed by atoms with Gasteiger partial charge in [-0.1, -0.05) is 38.7 Å². The summed E-state index contributed by atoms with van der Waals surface area (Å²) in [6.07, 6.45) is 6.31. The van der Waals surface area contributed by atoms with E-state index in [2.05, 4.69) is 50.4 Å². The summed E-state index contributed by atoms with van der Waals surface area (Å²) in [5.74, 6) is 1.87. The standard InChI is InChI=1S/C23H33NO2/c1-4-5-6-7-8-16-25-22-13-10-21(11-14-22)24-15-17-26-23-12-9-19(2)20(3)18-23/h9-14,18,24H,4-8,15-17H2,1-3H3. The minimum atomic E-state index is 0.637. The number of anilines is 1. The normalized spacial score (nSPS) is 10.6. The molecule has 0 aliphatic rings. The predicted molar refractivity (Wildman–Crippen MR) is 111 cm³/mol. The minimum Gasteiger partial charge on any atom is -0.494 e. The maximum absolute atomic E-state index is 5.79. The molecule has 0 atom stereocenters. The van der Waals surface area contributed by atoms with Crippen LogP contribution in [-0.4, -0.2) is 19.8 Å². The summed E-state index contributed by atoms with van der Waals surface area (Å²) in [7, 11) is 0. The fourth-order valence-electron chi connectivity index (χ4n) is 2.73. The van der Waals surface area contributed by atoms with Gasteiger partial charge in [0.25, 0.3) is 0 Å². The summed E-state index contributed by atoms with van der Waals surface area (Å²) in [6.45, 7) is 8.67. The number of hydrogen-bond acceptors (Lipinski definition) is 3. The van der Waals surface area contributed by atoms with E-state index in [1.807, 2.05) is 18.2 Å². The van der Waals surface area contributed by atoms with Gasteiger partial charge in [0.15, 0.2) is 0 Å². The first-order chi connectivity index (χ1) is 12.7. The lowest BCUT2D eigenvalue weighted by Gasteiger charge is -2.11. The molecule has 0 radical (unpaired) electrons. The van der Waals surface area contributed by atoms with Crippen LogP contribution in [0.2, 0.25) is 0 Å². The van der Waals surface area contributed by atoms with E-state index in [1.54, 1.807) is 0 Å². The molecule has 0 saturated carbocycles. The smallest absolute Gasteiger partial charge is 0.119 e.